The summed E-state index contributed by atoms with van der Waals surface area (Å²) in [6, 6.07) is 0.288. The van der Waals surface area contributed by atoms with Crippen molar-refractivity contribution in [1.82, 2.24) is 10.8 Å². The summed E-state index contributed by atoms with van der Waals surface area (Å²) in [4.78, 5) is 16.6. The van der Waals surface area contributed by atoms with E-state index < -0.39 is 0 Å². The third-order valence-electron chi connectivity index (χ3n) is 3.68. The van der Waals surface area contributed by atoms with Gasteiger partial charge in [0.25, 0.3) is 0 Å². The summed E-state index contributed by atoms with van der Waals surface area (Å²) in [6.07, 6.45) is 12.3. The molecule has 1 atom stereocenters. The summed E-state index contributed by atoms with van der Waals surface area (Å²) >= 11 is 0. The van der Waals surface area contributed by atoms with E-state index in [0.29, 0.717) is 0 Å². The average molecular weight is 300 g/mol. The summed E-state index contributed by atoms with van der Waals surface area (Å²) < 4.78 is 0. The van der Waals surface area contributed by atoms with Gasteiger partial charge in [0, 0.05) is 6.04 Å². The molecule has 0 fully saturated rings. The first-order chi connectivity index (χ1) is 10.2. The Morgan fingerprint density at radius 3 is 2.24 bits per heavy atom. The molecule has 4 heteroatoms. The minimum absolute atomic E-state index is 0.221. The van der Waals surface area contributed by atoms with Crippen LogP contribution in [0.5, 0.6) is 0 Å². The topological polar surface area (TPSA) is 50.4 Å². The van der Waals surface area contributed by atoms with Gasteiger partial charge in [-0.05, 0) is 25.8 Å². The first kappa shape index (κ1) is 20.4. The fourth-order valence-electron chi connectivity index (χ4n) is 2.25. The number of rotatable bonds is 15. The van der Waals surface area contributed by atoms with E-state index in [1.807, 2.05) is 0 Å². The highest BCUT2D eigenvalue weighted by Gasteiger charge is 2.09. The second-order valence-electron chi connectivity index (χ2n) is 5.78. The molecule has 0 aliphatic heterocycles. The first-order valence-corrected chi connectivity index (χ1v) is 8.90. The predicted octanol–water partition coefficient (Wildman–Crippen LogP) is 3.95. The summed E-state index contributed by atoms with van der Waals surface area (Å²) in [5.74, 6) is -0.221. The van der Waals surface area contributed by atoms with Gasteiger partial charge in [0.15, 0.2) is 0 Å². The third kappa shape index (κ3) is 14.1. The zero-order valence-electron chi connectivity index (χ0n) is 14.4. The van der Waals surface area contributed by atoms with Crippen molar-refractivity contribution >= 4 is 5.97 Å². The molecule has 0 saturated heterocycles. The molecule has 0 aliphatic carbocycles. The Balaban J connectivity index is 3.50. The molecule has 4 nitrogen and oxygen atoms in total. The lowest BCUT2D eigenvalue weighted by atomic mass is 10.0. The molecule has 0 rings (SSSR count). The monoisotopic (exact) mass is 300 g/mol. The van der Waals surface area contributed by atoms with E-state index >= 15 is 0 Å². The molecule has 0 spiro atoms. The Hall–Kier alpha value is -0.610. The number of hydrogen-bond donors (Lipinski definition) is 2. The molecule has 21 heavy (non-hydrogen) atoms. The van der Waals surface area contributed by atoms with Gasteiger partial charge in [-0.1, -0.05) is 65.7 Å². The van der Waals surface area contributed by atoms with Gasteiger partial charge in [-0.25, -0.2) is 4.79 Å². The van der Waals surface area contributed by atoms with Crippen molar-refractivity contribution < 1.29 is 9.63 Å². The highest BCUT2D eigenvalue weighted by Crippen LogP contribution is 2.11. The SMILES string of the molecule is CCCCCCCCCC(CC)NOC(=O)CNCCC. The van der Waals surface area contributed by atoms with Crippen LogP contribution in [0, 0.1) is 0 Å². The first-order valence-electron chi connectivity index (χ1n) is 8.90. The minimum Gasteiger partial charge on any atom is -0.369 e. The van der Waals surface area contributed by atoms with Gasteiger partial charge in [0.1, 0.15) is 0 Å². The van der Waals surface area contributed by atoms with Crippen molar-refractivity contribution in [3.8, 4) is 0 Å². The lowest BCUT2D eigenvalue weighted by Crippen LogP contribution is -2.35. The Kier molecular flexibility index (Phi) is 15.3. The van der Waals surface area contributed by atoms with Gasteiger partial charge in [-0.2, -0.15) is 0 Å². The zero-order valence-corrected chi connectivity index (χ0v) is 14.4. The van der Waals surface area contributed by atoms with Crippen molar-refractivity contribution in [1.29, 1.82) is 0 Å². The van der Waals surface area contributed by atoms with Crippen LogP contribution in [0.3, 0.4) is 0 Å². The maximum absolute atomic E-state index is 11.5. The predicted molar refractivity (Wildman–Crippen MR) is 89.1 cm³/mol. The van der Waals surface area contributed by atoms with Crippen molar-refractivity contribution in [3.05, 3.63) is 0 Å². The summed E-state index contributed by atoms with van der Waals surface area (Å²) in [5.41, 5.74) is 2.92. The Bertz CT molecular complexity index is 235. The summed E-state index contributed by atoms with van der Waals surface area (Å²) in [7, 11) is 0. The number of nitrogens with one attached hydrogen (secondary N) is 2. The van der Waals surface area contributed by atoms with Crippen LogP contribution >= 0.6 is 0 Å². The van der Waals surface area contributed by atoms with Crippen molar-refractivity contribution in [3.63, 3.8) is 0 Å². The van der Waals surface area contributed by atoms with Crippen LogP contribution in [-0.4, -0.2) is 25.1 Å². The van der Waals surface area contributed by atoms with Crippen molar-refractivity contribution in [2.24, 2.45) is 0 Å². The second-order valence-corrected chi connectivity index (χ2v) is 5.78. The molecule has 0 amide bonds. The van der Waals surface area contributed by atoms with Crippen LogP contribution in [0.2, 0.25) is 0 Å². The molecule has 2 N–H and O–H groups in total. The molecular weight excluding hydrogens is 264 g/mol. The van der Waals surface area contributed by atoms with Crippen molar-refractivity contribution in [2.75, 3.05) is 13.1 Å². The summed E-state index contributed by atoms with van der Waals surface area (Å²) in [5, 5.41) is 3.04. The van der Waals surface area contributed by atoms with Crippen LogP contribution < -0.4 is 10.8 Å². The van der Waals surface area contributed by atoms with Crippen LogP contribution in [0.1, 0.15) is 85.0 Å². The molecule has 126 valence electrons. The van der Waals surface area contributed by atoms with E-state index in [0.717, 1.165) is 25.8 Å². The van der Waals surface area contributed by atoms with Crippen LogP contribution in [0.4, 0.5) is 0 Å². The molecule has 0 bridgehead atoms. The Morgan fingerprint density at radius 2 is 1.62 bits per heavy atom. The van der Waals surface area contributed by atoms with Gasteiger partial charge in [-0.3, -0.25) is 0 Å². The smallest absolute Gasteiger partial charge is 0.338 e. The highest BCUT2D eigenvalue weighted by atomic mass is 16.7. The zero-order chi connectivity index (χ0) is 15.8. The fourth-order valence-corrected chi connectivity index (χ4v) is 2.25. The molecule has 1 unspecified atom stereocenters. The Morgan fingerprint density at radius 1 is 0.952 bits per heavy atom. The van der Waals surface area contributed by atoms with Gasteiger partial charge in [0.05, 0.1) is 6.54 Å². The van der Waals surface area contributed by atoms with Gasteiger partial charge < -0.3 is 10.2 Å². The van der Waals surface area contributed by atoms with Crippen LogP contribution in [0.15, 0.2) is 0 Å². The third-order valence-corrected chi connectivity index (χ3v) is 3.68. The molecule has 0 aromatic carbocycles. The molecule has 0 aromatic rings. The number of carbonyl (C=O) groups is 1. The molecule has 0 radical (unpaired) electrons. The largest absolute Gasteiger partial charge is 0.369 e. The van der Waals surface area contributed by atoms with Crippen LogP contribution in [0.25, 0.3) is 0 Å². The average Bonchev–Trinajstić information content (AvgIpc) is 2.49. The lowest BCUT2D eigenvalue weighted by molar-refractivity contribution is -0.152. The highest BCUT2D eigenvalue weighted by molar-refractivity contribution is 5.71. The molecule has 0 saturated carbocycles. The summed E-state index contributed by atoms with van der Waals surface area (Å²) in [6.45, 7) is 7.59. The molecular formula is C17H36N2O2. The number of hydroxylamine groups is 1. The molecule has 0 heterocycles. The van der Waals surface area contributed by atoms with E-state index in [1.54, 1.807) is 0 Å². The Labute approximate surface area is 131 Å². The number of carbonyl (C=O) groups excluding carboxylic acids is 1. The quantitative estimate of drug-likeness (QED) is 0.355. The molecule has 0 aliphatic rings. The van der Waals surface area contributed by atoms with Gasteiger partial charge in [0.2, 0.25) is 0 Å². The van der Waals surface area contributed by atoms with E-state index in [2.05, 4.69) is 31.6 Å². The lowest BCUT2D eigenvalue weighted by Gasteiger charge is -2.16. The minimum atomic E-state index is -0.221. The standard InChI is InChI=1S/C17H36N2O2/c1-4-7-8-9-10-11-12-13-16(6-3)19-21-17(20)15-18-14-5-2/h16,18-19H,4-15H2,1-3H3. The van der Waals surface area contributed by atoms with Gasteiger partial charge in [-0.15, -0.1) is 5.48 Å². The second kappa shape index (κ2) is 15.8. The van der Waals surface area contributed by atoms with Crippen molar-refractivity contribution in [2.45, 2.75) is 91.0 Å². The van der Waals surface area contributed by atoms with E-state index in [4.69, 9.17) is 4.84 Å². The number of hydrogen-bond acceptors (Lipinski definition) is 4. The van der Waals surface area contributed by atoms with Crippen LogP contribution in [-0.2, 0) is 9.63 Å². The van der Waals surface area contributed by atoms with E-state index in [1.165, 1.54) is 44.9 Å². The number of unbranched alkanes of at least 4 members (excludes halogenated alkanes) is 6. The molecule has 0 aromatic heterocycles. The normalized spacial score (nSPS) is 12.3. The maximum Gasteiger partial charge on any atom is 0.338 e. The van der Waals surface area contributed by atoms with Gasteiger partial charge >= 0.3 is 5.97 Å². The van der Waals surface area contributed by atoms with E-state index in [9.17, 15) is 4.79 Å². The maximum atomic E-state index is 11.5. The fraction of sp³-hybridized carbons (Fsp3) is 0.941. The van der Waals surface area contributed by atoms with E-state index in [-0.39, 0.29) is 18.6 Å².